The summed E-state index contributed by atoms with van der Waals surface area (Å²) in [4.78, 5) is 13.8. The first kappa shape index (κ1) is 16.3. The Balaban J connectivity index is 1.52. The monoisotopic (exact) mass is 317 g/mol. The molecule has 23 heavy (non-hydrogen) atoms. The summed E-state index contributed by atoms with van der Waals surface area (Å²) >= 11 is 0. The molecule has 0 unspecified atom stereocenters. The van der Waals surface area contributed by atoms with E-state index >= 15 is 0 Å². The van der Waals surface area contributed by atoms with Gasteiger partial charge in [0.1, 0.15) is 5.60 Å². The van der Waals surface area contributed by atoms with Crippen molar-refractivity contribution < 1.29 is 14.3 Å². The van der Waals surface area contributed by atoms with E-state index in [9.17, 15) is 4.79 Å². The zero-order chi connectivity index (χ0) is 16.4. The fourth-order valence-corrected chi connectivity index (χ4v) is 3.24. The zero-order valence-corrected chi connectivity index (χ0v) is 14.4. The van der Waals surface area contributed by atoms with Gasteiger partial charge in [-0.05, 0) is 50.7 Å². The van der Waals surface area contributed by atoms with Crippen LogP contribution in [-0.2, 0) is 9.47 Å². The molecule has 3 rings (SSSR count). The highest BCUT2D eigenvalue weighted by Gasteiger charge is 2.34. The number of hydrogen-bond acceptors (Lipinski definition) is 3. The summed E-state index contributed by atoms with van der Waals surface area (Å²) in [6.07, 6.45) is 2.04. The molecule has 2 saturated heterocycles. The number of carbonyl (C=O) groups excluding carboxylic acids is 1. The molecule has 0 radical (unpaired) electrons. The van der Waals surface area contributed by atoms with Crippen molar-refractivity contribution >= 4 is 6.09 Å². The summed E-state index contributed by atoms with van der Waals surface area (Å²) < 4.78 is 10.8. The van der Waals surface area contributed by atoms with Gasteiger partial charge in [0.2, 0.25) is 0 Å². The zero-order valence-electron chi connectivity index (χ0n) is 14.4. The van der Waals surface area contributed by atoms with Crippen molar-refractivity contribution in [3.63, 3.8) is 0 Å². The van der Waals surface area contributed by atoms with Crippen LogP contribution >= 0.6 is 0 Å². The SMILES string of the molecule is CC(C)(C)OC(=O)N1CC(c2ccc(C3CCOCC3)cc2)C1. The Morgan fingerprint density at radius 3 is 2.09 bits per heavy atom. The molecule has 0 aromatic heterocycles. The van der Waals surface area contributed by atoms with Crippen molar-refractivity contribution in [2.45, 2.75) is 51.0 Å². The Kier molecular flexibility index (Phi) is 4.62. The lowest BCUT2D eigenvalue weighted by Gasteiger charge is -2.40. The molecule has 1 amide bonds. The number of likely N-dealkylation sites (tertiary alicyclic amines) is 1. The standard InChI is InChI=1S/C19H27NO3/c1-19(2,3)23-18(21)20-12-17(13-20)15-6-4-14(5-7-15)16-8-10-22-11-9-16/h4-7,16-17H,8-13H2,1-3H3. The van der Waals surface area contributed by atoms with Gasteiger partial charge in [0.05, 0.1) is 0 Å². The van der Waals surface area contributed by atoms with Gasteiger partial charge in [-0.2, -0.15) is 0 Å². The normalized spacial score (nSPS) is 20.2. The fraction of sp³-hybridized carbons (Fsp3) is 0.632. The maximum Gasteiger partial charge on any atom is 0.410 e. The molecule has 2 fully saturated rings. The van der Waals surface area contributed by atoms with Gasteiger partial charge in [-0.1, -0.05) is 24.3 Å². The molecule has 0 spiro atoms. The molecule has 2 aliphatic rings. The lowest BCUT2D eigenvalue weighted by atomic mass is 9.87. The molecular weight excluding hydrogens is 290 g/mol. The van der Waals surface area contributed by atoms with E-state index < -0.39 is 5.60 Å². The van der Waals surface area contributed by atoms with E-state index in [-0.39, 0.29) is 6.09 Å². The van der Waals surface area contributed by atoms with Crippen molar-refractivity contribution in [2.24, 2.45) is 0 Å². The molecule has 0 aliphatic carbocycles. The number of amides is 1. The van der Waals surface area contributed by atoms with Gasteiger partial charge < -0.3 is 14.4 Å². The molecule has 2 heterocycles. The summed E-state index contributed by atoms with van der Waals surface area (Å²) in [5.74, 6) is 1.07. The molecule has 126 valence electrons. The summed E-state index contributed by atoms with van der Waals surface area (Å²) in [5, 5.41) is 0. The first-order valence-electron chi connectivity index (χ1n) is 8.58. The Bertz CT molecular complexity index is 535. The van der Waals surface area contributed by atoms with Gasteiger partial charge in [0.15, 0.2) is 0 Å². The summed E-state index contributed by atoms with van der Waals surface area (Å²) in [5.41, 5.74) is 2.31. The second-order valence-electron chi connectivity index (χ2n) is 7.64. The van der Waals surface area contributed by atoms with E-state index in [1.807, 2.05) is 20.8 Å². The smallest absolute Gasteiger partial charge is 0.410 e. The number of carbonyl (C=O) groups is 1. The van der Waals surface area contributed by atoms with Crippen molar-refractivity contribution in [3.8, 4) is 0 Å². The molecular formula is C19H27NO3. The van der Waals surface area contributed by atoms with Crippen molar-refractivity contribution in [1.82, 2.24) is 4.90 Å². The molecule has 0 atom stereocenters. The van der Waals surface area contributed by atoms with Gasteiger partial charge >= 0.3 is 6.09 Å². The van der Waals surface area contributed by atoms with Crippen molar-refractivity contribution in [2.75, 3.05) is 26.3 Å². The van der Waals surface area contributed by atoms with Crippen molar-refractivity contribution in [1.29, 1.82) is 0 Å². The largest absolute Gasteiger partial charge is 0.444 e. The van der Waals surface area contributed by atoms with E-state index in [1.54, 1.807) is 4.90 Å². The third-order valence-corrected chi connectivity index (χ3v) is 4.63. The van der Waals surface area contributed by atoms with E-state index in [0.717, 1.165) is 39.1 Å². The average Bonchev–Trinajstić information content (AvgIpc) is 2.45. The number of ether oxygens (including phenoxy) is 2. The van der Waals surface area contributed by atoms with Gasteiger partial charge in [-0.15, -0.1) is 0 Å². The molecule has 4 nitrogen and oxygen atoms in total. The molecule has 0 N–H and O–H groups in total. The maximum absolute atomic E-state index is 12.0. The quantitative estimate of drug-likeness (QED) is 0.830. The lowest BCUT2D eigenvalue weighted by molar-refractivity contribution is 0.00819. The topological polar surface area (TPSA) is 38.8 Å². The van der Waals surface area contributed by atoms with Crippen LogP contribution < -0.4 is 0 Å². The predicted molar refractivity (Wildman–Crippen MR) is 89.8 cm³/mol. The Hall–Kier alpha value is -1.55. The van der Waals surface area contributed by atoms with Gasteiger partial charge in [0.25, 0.3) is 0 Å². The van der Waals surface area contributed by atoms with Crippen LogP contribution in [0.5, 0.6) is 0 Å². The van der Waals surface area contributed by atoms with Crippen LogP contribution in [0, 0.1) is 0 Å². The van der Waals surface area contributed by atoms with Crippen LogP contribution in [0.3, 0.4) is 0 Å². The second kappa shape index (κ2) is 6.52. The highest BCUT2D eigenvalue weighted by Crippen LogP contribution is 2.31. The highest BCUT2D eigenvalue weighted by atomic mass is 16.6. The fourth-order valence-electron chi connectivity index (χ4n) is 3.24. The van der Waals surface area contributed by atoms with Gasteiger partial charge in [-0.3, -0.25) is 0 Å². The molecule has 4 heteroatoms. The van der Waals surface area contributed by atoms with E-state index in [2.05, 4.69) is 24.3 Å². The van der Waals surface area contributed by atoms with Gasteiger partial charge in [-0.25, -0.2) is 4.79 Å². The van der Waals surface area contributed by atoms with E-state index in [0.29, 0.717) is 11.8 Å². The Morgan fingerprint density at radius 2 is 1.57 bits per heavy atom. The van der Waals surface area contributed by atoms with Crippen LogP contribution in [0.2, 0.25) is 0 Å². The van der Waals surface area contributed by atoms with Gasteiger partial charge in [0, 0.05) is 32.2 Å². The maximum atomic E-state index is 12.0. The minimum Gasteiger partial charge on any atom is -0.444 e. The summed E-state index contributed by atoms with van der Waals surface area (Å²) in [7, 11) is 0. The second-order valence-corrected chi connectivity index (χ2v) is 7.64. The minimum atomic E-state index is -0.423. The molecule has 2 aliphatic heterocycles. The number of rotatable bonds is 2. The van der Waals surface area contributed by atoms with Crippen LogP contribution in [0.15, 0.2) is 24.3 Å². The van der Waals surface area contributed by atoms with Crippen LogP contribution in [0.25, 0.3) is 0 Å². The van der Waals surface area contributed by atoms with E-state index in [1.165, 1.54) is 11.1 Å². The Labute approximate surface area is 138 Å². The van der Waals surface area contributed by atoms with Crippen LogP contribution in [-0.4, -0.2) is 42.9 Å². The summed E-state index contributed by atoms with van der Waals surface area (Å²) in [6.45, 7) is 8.96. The number of nitrogens with zero attached hydrogens (tertiary/aromatic N) is 1. The molecule has 1 aromatic carbocycles. The molecule has 1 aromatic rings. The third kappa shape index (κ3) is 4.05. The first-order valence-corrected chi connectivity index (χ1v) is 8.58. The third-order valence-electron chi connectivity index (χ3n) is 4.63. The predicted octanol–water partition coefficient (Wildman–Crippen LogP) is 3.91. The van der Waals surface area contributed by atoms with Crippen LogP contribution in [0.1, 0.15) is 56.6 Å². The molecule has 0 bridgehead atoms. The minimum absolute atomic E-state index is 0.201. The van der Waals surface area contributed by atoms with Crippen molar-refractivity contribution in [3.05, 3.63) is 35.4 Å². The first-order chi connectivity index (χ1) is 10.9. The number of benzene rings is 1. The molecule has 0 saturated carbocycles. The number of hydrogen-bond donors (Lipinski definition) is 0. The van der Waals surface area contributed by atoms with E-state index in [4.69, 9.17) is 9.47 Å². The highest BCUT2D eigenvalue weighted by molar-refractivity contribution is 5.69. The average molecular weight is 317 g/mol. The summed E-state index contributed by atoms with van der Waals surface area (Å²) in [6, 6.07) is 8.95. The van der Waals surface area contributed by atoms with Crippen LogP contribution in [0.4, 0.5) is 4.79 Å². The lowest BCUT2D eigenvalue weighted by Crippen LogP contribution is -2.50. The Morgan fingerprint density at radius 1 is 1.04 bits per heavy atom.